The van der Waals surface area contributed by atoms with Gasteiger partial charge in [-0.3, -0.25) is 4.79 Å². The molecular weight excluding hydrogens is 318 g/mol. The summed E-state index contributed by atoms with van der Waals surface area (Å²) in [4.78, 5) is 14.5. The van der Waals surface area contributed by atoms with E-state index in [-0.39, 0.29) is 5.92 Å². The van der Waals surface area contributed by atoms with Gasteiger partial charge in [0, 0.05) is 31.1 Å². The molecule has 2 N–H and O–H groups in total. The van der Waals surface area contributed by atoms with Gasteiger partial charge in [0.15, 0.2) is 5.11 Å². The van der Waals surface area contributed by atoms with Crippen LogP contribution in [-0.2, 0) is 4.79 Å². The number of nitrogens with one attached hydrogen (secondary N) is 2. The molecule has 0 unspecified atom stereocenters. The van der Waals surface area contributed by atoms with E-state index in [2.05, 4.69) is 29.4 Å². The van der Waals surface area contributed by atoms with E-state index in [0.717, 1.165) is 55.7 Å². The molecule has 136 valence electrons. The average Bonchev–Trinajstić information content (AvgIpc) is 3.19. The molecule has 0 aromatic carbocycles. The highest BCUT2D eigenvalue weighted by Gasteiger charge is 2.39. The lowest BCUT2D eigenvalue weighted by molar-refractivity contribution is -0.136. The first-order valence-electron chi connectivity index (χ1n) is 9.96. The third-order valence-corrected chi connectivity index (χ3v) is 6.77. The van der Waals surface area contributed by atoms with Crippen LogP contribution in [0.4, 0.5) is 0 Å². The standard InChI is InChI=1S/C19H33N3OS/c1-3-14(4-2)18(23)22-9-7-16(8-10-22)20-19(24)21-17-12-13-5-6-15(17)11-13/h13-17H,3-12H2,1-2H3,(H2,20,21,24)/t13-,15-,17-/m0/s1. The van der Waals surface area contributed by atoms with Crippen LogP contribution in [0.15, 0.2) is 0 Å². The van der Waals surface area contributed by atoms with Crippen LogP contribution in [0.1, 0.15) is 65.2 Å². The molecule has 24 heavy (non-hydrogen) atoms. The summed E-state index contributed by atoms with van der Waals surface area (Å²) in [7, 11) is 0. The van der Waals surface area contributed by atoms with E-state index in [9.17, 15) is 4.79 Å². The number of amides is 1. The first kappa shape index (κ1) is 18.0. The largest absolute Gasteiger partial charge is 0.360 e. The number of rotatable bonds is 5. The summed E-state index contributed by atoms with van der Waals surface area (Å²) in [5, 5.41) is 7.90. The van der Waals surface area contributed by atoms with Crippen molar-refractivity contribution in [3.63, 3.8) is 0 Å². The Morgan fingerprint density at radius 3 is 2.33 bits per heavy atom. The fourth-order valence-corrected chi connectivity index (χ4v) is 5.28. The minimum absolute atomic E-state index is 0.204. The van der Waals surface area contributed by atoms with Crippen molar-refractivity contribution in [2.45, 2.75) is 77.3 Å². The van der Waals surface area contributed by atoms with Crippen molar-refractivity contribution in [2.24, 2.45) is 17.8 Å². The maximum absolute atomic E-state index is 12.5. The third-order valence-electron chi connectivity index (χ3n) is 6.53. The number of nitrogens with zero attached hydrogens (tertiary/aromatic N) is 1. The third kappa shape index (κ3) is 4.04. The van der Waals surface area contributed by atoms with Crippen molar-refractivity contribution in [2.75, 3.05) is 13.1 Å². The summed E-state index contributed by atoms with van der Waals surface area (Å²) < 4.78 is 0. The Morgan fingerprint density at radius 2 is 1.79 bits per heavy atom. The second-order valence-electron chi connectivity index (χ2n) is 8.01. The molecule has 3 rings (SSSR count). The first-order valence-corrected chi connectivity index (χ1v) is 10.4. The van der Waals surface area contributed by atoms with Gasteiger partial charge in [-0.25, -0.2) is 0 Å². The maximum atomic E-state index is 12.5. The normalized spacial score (nSPS) is 30.0. The lowest BCUT2D eigenvalue weighted by Crippen LogP contribution is -2.52. The Balaban J connectivity index is 1.39. The number of carbonyl (C=O) groups is 1. The smallest absolute Gasteiger partial charge is 0.225 e. The molecule has 1 aliphatic heterocycles. The van der Waals surface area contributed by atoms with Gasteiger partial charge in [0.05, 0.1) is 0 Å². The van der Waals surface area contributed by atoms with Gasteiger partial charge < -0.3 is 15.5 Å². The predicted octanol–water partition coefficient (Wildman–Crippen LogP) is 3.07. The van der Waals surface area contributed by atoms with E-state index in [0.29, 0.717) is 18.0 Å². The molecule has 1 heterocycles. The van der Waals surface area contributed by atoms with Gasteiger partial charge in [-0.15, -0.1) is 0 Å². The molecule has 0 radical (unpaired) electrons. The van der Waals surface area contributed by atoms with Gasteiger partial charge >= 0.3 is 0 Å². The van der Waals surface area contributed by atoms with E-state index >= 15 is 0 Å². The zero-order valence-electron chi connectivity index (χ0n) is 15.2. The second-order valence-corrected chi connectivity index (χ2v) is 8.42. The zero-order chi connectivity index (χ0) is 17.1. The predicted molar refractivity (Wildman–Crippen MR) is 102 cm³/mol. The quantitative estimate of drug-likeness (QED) is 0.747. The Bertz CT molecular complexity index is 458. The van der Waals surface area contributed by atoms with Crippen molar-refractivity contribution < 1.29 is 4.79 Å². The van der Waals surface area contributed by atoms with Crippen molar-refractivity contribution >= 4 is 23.2 Å². The first-order chi connectivity index (χ1) is 11.6. The highest BCUT2D eigenvalue weighted by Crippen LogP contribution is 2.44. The van der Waals surface area contributed by atoms with E-state index in [1.807, 2.05) is 0 Å². The van der Waals surface area contributed by atoms with Crippen LogP contribution in [-0.4, -0.2) is 41.1 Å². The Morgan fingerprint density at radius 1 is 1.08 bits per heavy atom. The van der Waals surface area contributed by atoms with Gasteiger partial charge in [-0.05, 0) is 69.0 Å². The SMILES string of the molecule is CCC(CC)C(=O)N1CCC(NC(=S)N[C@H]2C[C@H]3CC[C@H]2C3)CC1. The molecule has 3 fully saturated rings. The van der Waals surface area contributed by atoms with E-state index in [1.54, 1.807) is 0 Å². The molecule has 0 aromatic heterocycles. The van der Waals surface area contributed by atoms with Crippen LogP contribution in [0.25, 0.3) is 0 Å². The topological polar surface area (TPSA) is 44.4 Å². The van der Waals surface area contributed by atoms with Crippen LogP contribution >= 0.6 is 12.2 Å². The second kappa shape index (κ2) is 8.03. The summed E-state index contributed by atoms with van der Waals surface area (Å²) in [5.74, 6) is 2.33. The highest BCUT2D eigenvalue weighted by molar-refractivity contribution is 7.80. The van der Waals surface area contributed by atoms with Crippen molar-refractivity contribution in [3.05, 3.63) is 0 Å². The lowest BCUT2D eigenvalue weighted by atomic mass is 9.95. The molecule has 5 heteroatoms. The Labute approximate surface area is 152 Å². The number of likely N-dealkylation sites (tertiary alicyclic amines) is 1. The van der Waals surface area contributed by atoms with Crippen molar-refractivity contribution in [1.29, 1.82) is 0 Å². The van der Waals surface area contributed by atoms with Gasteiger partial charge in [-0.2, -0.15) is 0 Å². The van der Waals surface area contributed by atoms with Gasteiger partial charge in [0.2, 0.25) is 5.91 Å². The van der Waals surface area contributed by atoms with E-state index in [4.69, 9.17) is 12.2 Å². The Hall–Kier alpha value is -0.840. The fourth-order valence-electron chi connectivity index (χ4n) is 4.96. The number of hydrogen-bond acceptors (Lipinski definition) is 2. The fraction of sp³-hybridized carbons (Fsp3) is 0.895. The molecule has 1 saturated heterocycles. The molecule has 0 aromatic rings. The van der Waals surface area contributed by atoms with E-state index in [1.165, 1.54) is 25.7 Å². The summed E-state index contributed by atoms with van der Waals surface area (Å²) in [5.41, 5.74) is 0. The maximum Gasteiger partial charge on any atom is 0.225 e. The van der Waals surface area contributed by atoms with Gasteiger partial charge in [0.25, 0.3) is 0 Å². The van der Waals surface area contributed by atoms with Crippen LogP contribution < -0.4 is 10.6 Å². The molecule has 1 amide bonds. The molecule has 0 spiro atoms. The number of piperidine rings is 1. The minimum atomic E-state index is 0.204. The number of thiocarbonyl (C=S) groups is 1. The molecule has 3 atom stereocenters. The van der Waals surface area contributed by atoms with Gasteiger partial charge in [-0.1, -0.05) is 20.3 Å². The summed E-state index contributed by atoms with van der Waals surface area (Å²) >= 11 is 5.54. The number of carbonyl (C=O) groups excluding carboxylic acids is 1. The molecule has 3 aliphatic rings. The average molecular weight is 352 g/mol. The van der Waals surface area contributed by atoms with Crippen molar-refractivity contribution in [3.8, 4) is 0 Å². The molecular formula is C19H33N3OS. The molecule has 2 aliphatic carbocycles. The van der Waals surface area contributed by atoms with Crippen molar-refractivity contribution in [1.82, 2.24) is 15.5 Å². The van der Waals surface area contributed by atoms with Crippen LogP contribution in [0.3, 0.4) is 0 Å². The van der Waals surface area contributed by atoms with Crippen LogP contribution in [0, 0.1) is 17.8 Å². The summed E-state index contributed by atoms with van der Waals surface area (Å²) in [6.45, 7) is 5.95. The molecule has 2 bridgehead atoms. The molecule has 2 saturated carbocycles. The molecule has 4 nitrogen and oxygen atoms in total. The number of fused-ring (bicyclic) bond motifs is 2. The monoisotopic (exact) mass is 351 g/mol. The lowest BCUT2D eigenvalue weighted by Gasteiger charge is -2.35. The highest BCUT2D eigenvalue weighted by atomic mass is 32.1. The van der Waals surface area contributed by atoms with Crippen LogP contribution in [0.2, 0.25) is 0 Å². The summed E-state index contributed by atoms with van der Waals surface area (Å²) in [6, 6.07) is 1.01. The van der Waals surface area contributed by atoms with E-state index < -0.39 is 0 Å². The Kier molecular flexibility index (Phi) is 6.01. The minimum Gasteiger partial charge on any atom is -0.360 e. The van der Waals surface area contributed by atoms with Crippen LogP contribution in [0.5, 0.6) is 0 Å². The number of hydrogen-bond donors (Lipinski definition) is 2. The summed E-state index contributed by atoms with van der Waals surface area (Å²) in [6.07, 6.45) is 9.41. The zero-order valence-corrected chi connectivity index (χ0v) is 16.0. The van der Waals surface area contributed by atoms with Gasteiger partial charge in [0.1, 0.15) is 0 Å².